The van der Waals surface area contributed by atoms with Crippen molar-refractivity contribution in [3.05, 3.63) is 47.9 Å². The highest BCUT2D eigenvalue weighted by Crippen LogP contribution is 2.24. The first kappa shape index (κ1) is 15.6. The molecule has 1 atom stereocenters. The minimum absolute atomic E-state index is 0.0404. The summed E-state index contributed by atoms with van der Waals surface area (Å²) in [6, 6.07) is 5.63. The molecule has 0 bridgehead atoms. The molecule has 1 N–H and O–H groups in total. The maximum absolute atomic E-state index is 12.1. The van der Waals surface area contributed by atoms with Gasteiger partial charge in [0.15, 0.2) is 10.2 Å². The van der Waals surface area contributed by atoms with Gasteiger partial charge in [-0.1, -0.05) is 29.2 Å². The topological polar surface area (TPSA) is 85.6 Å². The van der Waals surface area contributed by atoms with E-state index in [2.05, 4.69) is 25.6 Å². The molecule has 0 fully saturated rings. The van der Waals surface area contributed by atoms with Crippen LogP contribution in [0.1, 0.15) is 12.5 Å². The molecule has 0 unspecified atom stereocenters. The zero-order valence-corrected chi connectivity index (χ0v) is 13.9. The highest BCUT2D eigenvalue weighted by molar-refractivity contribution is 8.02. The summed E-state index contributed by atoms with van der Waals surface area (Å²) in [5.41, 5.74) is 2.59. The summed E-state index contributed by atoms with van der Waals surface area (Å²) in [4.78, 5) is 16.4. The van der Waals surface area contributed by atoms with E-state index >= 15 is 0 Å². The van der Waals surface area contributed by atoms with Crippen molar-refractivity contribution in [1.29, 1.82) is 0 Å². The van der Waals surface area contributed by atoms with Crippen LogP contribution in [0, 0.1) is 0 Å². The van der Waals surface area contributed by atoms with Crippen LogP contribution in [0.5, 0.6) is 0 Å². The molecule has 7 nitrogen and oxygen atoms in total. The first-order valence-electron chi connectivity index (χ1n) is 6.88. The van der Waals surface area contributed by atoms with Crippen molar-refractivity contribution in [2.24, 2.45) is 0 Å². The number of hydrogen-bond donors (Lipinski definition) is 1. The van der Waals surface area contributed by atoms with Gasteiger partial charge in [0, 0.05) is 25.1 Å². The number of carbonyl (C=O) groups excluding carboxylic acids is 1. The molecule has 3 rings (SSSR count). The predicted octanol–water partition coefficient (Wildman–Crippen LogP) is 1.92. The summed E-state index contributed by atoms with van der Waals surface area (Å²) >= 11 is 2.83. The number of carbonyl (C=O) groups is 1. The van der Waals surface area contributed by atoms with Crippen molar-refractivity contribution < 1.29 is 4.79 Å². The molecule has 0 aliphatic rings. The van der Waals surface area contributed by atoms with E-state index in [0.717, 1.165) is 15.7 Å². The van der Waals surface area contributed by atoms with Gasteiger partial charge in [-0.05, 0) is 24.6 Å². The quantitative estimate of drug-likeness (QED) is 0.686. The highest BCUT2D eigenvalue weighted by Gasteiger charge is 2.15. The third kappa shape index (κ3) is 4.14. The van der Waals surface area contributed by atoms with Gasteiger partial charge in [0.25, 0.3) is 0 Å². The second-order valence-corrected chi connectivity index (χ2v) is 7.08. The van der Waals surface area contributed by atoms with Crippen LogP contribution in [-0.2, 0) is 11.3 Å². The molecule has 9 heteroatoms. The summed E-state index contributed by atoms with van der Waals surface area (Å²) in [6.45, 7) is 2.28. The van der Waals surface area contributed by atoms with Crippen LogP contribution in [0.3, 0.4) is 0 Å². The summed E-state index contributed by atoms with van der Waals surface area (Å²) < 4.78 is 2.47. The summed E-state index contributed by atoms with van der Waals surface area (Å²) in [6.07, 6.45) is 5.27. The van der Waals surface area contributed by atoms with E-state index in [1.807, 2.05) is 31.3 Å². The Bertz CT molecular complexity index is 742. The molecule has 3 heterocycles. The van der Waals surface area contributed by atoms with E-state index in [4.69, 9.17) is 0 Å². The molecular formula is C14H14N6OS2. The van der Waals surface area contributed by atoms with E-state index in [0.29, 0.717) is 6.54 Å². The minimum Gasteiger partial charge on any atom is -0.351 e. The van der Waals surface area contributed by atoms with Gasteiger partial charge in [-0.2, -0.15) is 5.10 Å². The van der Waals surface area contributed by atoms with Crippen LogP contribution in [0.2, 0.25) is 0 Å². The number of rotatable bonds is 6. The number of aromatic nitrogens is 5. The predicted molar refractivity (Wildman–Crippen MR) is 88.4 cm³/mol. The Labute approximate surface area is 141 Å². The Kier molecular flexibility index (Phi) is 4.99. The van der Waals surface area contributed by atoms with Gasteiger partial charge >= 0.3 is 0 Å². The van der Waals surface area contributed by atoms with Crippen molar-refractivity contribution in [2.75, 3.05) is 0 Å². The fourth-order valence-corrected chi connectivity index (χ4v) is 3.46. The maximum atomic E-state index is 12.1. The highest BCUT2D eigenvalue weighted by atomic mass is 32.2. The van der Waals surface area contributed by atoms with Gasteiger partial charge in [0.1, 0.15) is 5.51 Å². The molecule has 0 saturated carbocycles. The van der Waals surface area contributed by atoms with E-state index in [1.54, 1.807) is 22.6 Å². The van der Waals surface area contributed by atoms with Gasteiger partial charge in [-0.25, -0.2) is 9.67 Å². The van der Waals surface area contributed by atoms with E-state index < -0.39 is 0 Å². The van der Waals surface area contributed by atoms with Crippen molar-refractivity contribution in [3.8, 4) is 5.82 Å². The van der Waals surface area contributed by atoms with E-state index in [-0.39, 0.29) is 11.2 Å². The Morgan fingerprint density at radius 3 is 3.04 bits per heavy atom. The molecule has 23 heavy (non-hydrogen) atoms. The number of hydrogen-bond acceptors (Lipinski definition) is 7. The molecule has 0 aromatic carbocycles. The Balaban J connectivity index is 1.52. The van der Waals surface area contributed by atoms with Crippen LogP contribution in [0.15, 0.2) is 46.6 Å². The number of thioether (sulfide) groups is 1. The molecule has 3 aromatic rings. The zero-order valence-electron chi connectivity index (χ0n) is 12.3. The lowest BCUT2D eigenvalue weighted by Crippen LogP contribution is -2.30. The average Bonchev–Trinajstić information content (AvgIpc) is 3.26. The monoisotopic (exact) mass is 346 g/mol. The molecule has 0 saturated heterocycles. The fourth-order valence-electron chi connectivity index (χ4n) is 1.81. The second kappa shape index (κ2) is 7.34. The average molecular weight is 346 g/mol. The van der Waals surface area contributed by atoms with Crippen LogP contribution in [0.4, 0.5) is 0 Å². The van der Waals surface area contributed by atoms with Crippen LogP contribution >= 0.6 is 23.1 Å². The van der Waals surface area contributed by atoms with Crippen molar-refractivity contribution in [3.63, 3.8) is 0 Å². The molecule has 3 aromatic heterocycles. The summed E-state index contributed by atoms with van der Waals surface area (Å²) in [5.74, 6) is 0.701. The third-order valence-electron chi connectivity index (χ3n) is 3.00. The minimum atomic E-state index is -0.223. The van der Waals surface area contributed by atoms with Gasteiger partial charge < -0.3 is 5.32 Å². The van der Waals surface area contributed by atoms with Crippen LogP contribution in [-0.4, -0.2) is 36.1 Å². The van der Waals surface area contributed by atoms with Crippen LogP contribution in [0.25, 0.3) is 5.82 Å². The Morgan fingerprint density at radius 1 is 1.48 bits per heavy atom. The summed E-state index contributed by atoms with van der Waals surface area (Å²) in [7, 11) is 0. The first-order valence-corrected chi connectivity index (χ1v) is 8.64. The van der Waals surface area contributed by atoms with Crippen molar-refractivity contribution in [2.45, 2.75) is 23.1 Å². The molecule has 0 spiro atoms. The maximum Gasteiger partial charge on any atom is 0.233 e. The molecule has 118 valence electrons. The first-order chi connectivity index (χ1) is 11.2. The Hall–Kier alpha value is -2.26. The number of nitrogens with zero attached hydrogens (tertiary/aromatic N) is 5. The van der Waals surface area contributed by atoms with Crippen molar-refractivity contribution >= 4 is 29.0 Å². The molecular weight excluding hydrogens is 332 g/mol. The normalized spacial score (nSPS) is 12.0. The largest absolute Gasteiger partial charge is 0.351 e. The van der Waals surface area contributed by atoms with Gasteiger partial charge in [0.05, 0.1) is 5.25 Å². The standard InChI is InChI=1S/C14H14N6OS2/c1-10(23-14-19-17-9-22-14)13(21)16-8-11-3-4-12(15-7-11)20-6-2-5-18-20/h2-7,9-10H,8H2,1H3,(H,16,21)/t10-/m0/s1. The molecule has 0 radical (unpaired) electrons. The number of pyridine rings is 1. The molecule has 0 aliphatic heterocycles. The number of amides is 1. The zero-order chi connectivity index (χ0) is 16.1. The second-order valence-electron chi connectivity index (χ2n) is 4.66. The van der Waals surface area contributed by atoms with Gasteiger partial charge in [-0.15, -0.1) is 10.2 Å². The lowest BCUT2D eigenvalue weighted by Gasteiger charge is -2.10. The SMILES string of the molecule is C[C@H](Sc1nncs1)C(=O)NCc1ccc(-n2cccn2)nc1. The lowest BCUT2D eigenvalue weighted by atomic mass is 10.2. The van der Waals surface area contributed by atoms with E-state index in [1.165, 1.54) is 23.1 Å². The summed E-state index contributed by atoms with van der Waals surface area (Å²) in [5, 5.41) is 14.5. The van der Waals surface area contributed by atoms with Crippen molar-refractivity contribution in [1.82, 2.24) is 30.3 Å². The molecule has 1 amide bonds. The van der Waals surface area contributed by atoms with Gasteiger partial charge in [0.2, 0.25) is 5.91 Å². The molecule has 0 aliphatic carbocycles. The Morgan fingerprint density at radius 2 is 2.39 bits per heavy atom. The van der Waals surface area contributed by atoms with Gasteiger partial charge in [-0.3, -0.25) is 4.79 Å². The fraction of sp³-hybridized carbons (Fsp3) is 0.214. The smallest absolute Gasteiger partial charge is 0.233 e. The number of nitrogens with one attached hydrogen (secondary N) is 1. The van der Waals surface area contributed by atoms with Crippen LogP contribution < -0.4 is 5.32 Å². The van der Waals surface area contributed by atoms with E-state index in [9.17, 15) is 4.79 Å². The third-order valence-corrected chi connectivity index (χ3v) is 4.91. The lowest BCUT2D eigenvalue weighted by molar-refractivity contribution is -0.120.